The van der Waals surface area contributed by atoms with Gasteiger partial charge in [0, 0.05) is 31.7 Å². The minimum atomic E-state index is 0.260. The van der Waals surface area contributed by atoms with E-state index in [9.17, 15) is 5.11 Å². The number of aliphatic hydroxyl groups excluding tert-OH is 1. The maximum Gasteiger partial charge on any atom is 0.0558 e. The van der Waals surface area contributed by atoms with Crippen LogP contribution in [-0.2, 0) is 0 Å². The summed E-state index contributed by atoms with van der Waals surface area (Å²) in [6, 6.07) is 1.13. The van der Waals surface area contributed by atoms with Gasteiger partial charge in [-0.2, -0.15) is 0 Å². The Hall–Kier alpha value is -0.120. The largest absolute Gasteiger partial charge is 0.395 e. The third-order valence-electron chi connectivity index (χ3n) is 4.22. The van der Waals surface area contributed by atoms with Crippen molar-refractivity contribution in [2.45, 2.75) is 79.3 Å². The van der Waals surface area contributed by atoms with Crippen molar-refractivity contribution in [1.82, 2.24) is 10.2 Å². The summed E-state index contributed by atoms with van der Waals surface area (Å²) < 4.78 is 0. The predicted molar refractivity (Wildman–Crippen MR) is 89.2 cm³/mol. The van der Waals surface area contributed by atoms with Gasteiger partial charge in [0.05, 0.1) is 6.61 Å². The molecular formula is C17H38N2O. The Bertz CT molecular complexity index is 229. The molecule has 0 saturated carbocycles. The first kappa shape index (κ1) is 19.9. The number of nitrogens with zero attached hydrogens (tertiary/aromatic N) is 1. The summed E-state index contributed by atoms with van der Waals surface area (Å²) in [5.74, 6) is 0. The fraction of sp³-hybridized carbons (Fsp3) is 1.00. The molecule has 0 aliphatic carbocycles. The number of hydrogen-bond acceptors (Lipinski definition) is 3. The first-order valence-corrected chi connectivity index (χ1v) is 8.50. The van der Waals surface area contributed by atoms with Crippen LogP contribution < -0.4 is 5.32 Å². The summed E-state index contributed by atoms with van der Waals surface area (Å²) >= 11 is 0. The predicted octanol–water partition coefficient (Wildman–Crippen LogP) is 3.27. The van der Waals surface area contributed by atoms with E-state index in [1.807, 2.05) is 0 Å². The lowest BCUT2D eigenvalue weighted by molar-refractivity contribution is 0.0833. The number of aliphatic hydroxyl groups is 1. The van der Waals surface area contributed by atoms with E-state index in [0.29, 0.717) is 12.1 Å². The van der Waals surface area contributed by atoms with Gasteiger partial charge in [-0.1, -0.05) is 48.0 Å². The smallest absolute Gasteiger partial charge is 0.0558 e. The van der Waals surface area contributed by atoms with Crippen LogP contribution in [0.1, 0.15) is 67.2 Å². The first-order chi connectivity index (χ1) is 9.42. The molecule has 0 fully saturated rings. The Balaban J connectivity index is 4.78. The Morgan fingerprint density at radius 3 is 2.15 bits per heavy atom. The molecule has 3 nitrogen and oxygen atoms in total. The van der Waals surface area contributed by atoms with Crippen LogP contribution in [-0.4, -0.2) is 48.3 Å². The van der Waals surface area contributed by atoms with Crippen molar-refractivity contribution in [3.63, 3.8) is 0 Å². The molecule has 0 heterocycles. The van der Waals surface area contributed by atoms with Crippen molar-refractivity contribution in [3.8, 4) is 0 Å². The highest BCUT2D eigenvalue weighted by Crippen LogP contribution is 2.26. The second-order valence-electron chi connectivity index (χ2n) is 6.76. The van der Waals surface area contributed by atoms with Gasteiger partial charge in [-0.05, 0) is 24.7 Å². The summed E-state index contributed by atoms with van der Waals surface area (Å²) in [6.45, 7) is 16.8. The van der Waals surface area contributed by atoms with Gasteiger partial charge in [-0.25, -0.2) is 0 Å². The summed E-state index contributed by atoms with van der Waals surface area (Å²) in [6.07, 6.45) is 4.77. The standard InChI is InChI=1S/C17H38N2O/c1-7-10-17(6,13-18-15(4)5)14-19(11-12-20)16(8-2)9-3/h15-16,18,20H,7-14H2,1-6H3. The minimum absolute atomic E-state index is 0.260. The second kappa shape index (κ2) is 10.6. The maximum absolute atomic E-state index is 9.36. The molecule has 0 aromatic heterocycles. The van der Waals surface area contributed by atoms with Crippen molar-refractivity contribution in [2.24, 2.45) is 5.41 Å². The highest BCUT2D eigenvalue weighted by molar-refractivity contribution is 4.83. The van der Waals surface area contributed by atoms with Gasteiger partial charge in [0.15, 0.2) is 0 Å². The average molecular weight is 287 g/mol. The third kappa shape index (κ3) is 7.61. The highest BCUT2D eigenvalue weighted by Gasteiger charge is 2.28. The zero-order valence-electron chi connectivity index (χ0n) is 14.7. The molecule has 3 heteroatoms. The molecule has 0 bridgehead atoms. The average Bonchev–Trinajstić information content (AvgIpc) is 2.38. The van der Waals surface area contributed by atoms with Crippen molar-refractivity contribution in [1.29, 1.82) is 0 Å². The van der Waals surface area contributed by atoms with Gasteiger partial charge in [-0.15, -0.1) is 0 Å². The van der Waals surface area contributed by atoms with Crippen LogP contribution in [0.5, 0.6) is 0 Å². The van der Waals surface area contributed by atoms with Crippen LogP contribution in [0, 0.1) is 5.41 Å². The van der Waals surface area contributed by atoms with Gasteiger partial charge in [0.1, 0.15) is 0 Å². The molecule has 0 aliphatic rings. The molecule has 122 valence electrons. The first-order valence-electron chi connectivity index (χ1n) is 8.50. The topological polar surface area (TPSA) is 35.5 Å². The van der Waals surface area contributed by atoms with Gasteiger partial charge >= 0.3 is 0 Å². The van der Waals surface area contributed by atoms with Crippen LogP contribution in [0.3, 0.4) is 0 Å². The van der Waals surface area contributed by atoms with Crippen molar-refractivity contribution < 1.29 is 5.11 Å². The van der Waals surface area contributed by atoms with E-state index in [1.165, 1.54) is 12.8 Å². The lowest BCUT2D eigenvalue weighted by atomic mass is 9.84. The molecule has 1 unspecified atom stereocenters. The van der Waals surface area contributed by atoms with E-state index in [4.69, 9.17) is 0 Å². The highest BCUT2D eigenvalue weighted by atomic mass is 16.3. The molecule has 1 atom stereocenters. The van der Waals surface area contributed by atoms with Crippen LogP contribution in [0.4, 0.5) is 0 Å². The molecule has 20 heavy (non-hydrogen) atoms. The Labute approximate surface area is 127 Å². The van der Waals surface area contributed by atoms with E-state index < -0.39 is 0 Å². The van der Waals surface area contributed by atoms with Crippen molar-refractivity contribution in [2.75, 3.05) is 26.2 Å². The molecule has 0 aliphatic heterocycles. The van der Waals surface area contributed by atoms with Crippen molar-refractivity contribution in [3.05, 3.63) is 0 Å². The normalized spacial score (nSPS) is 15.3. The van der Waals surface area contributed by atoms with E-state index in [1.54, 1.807) is 0 Å². The van der Waals surface area contributed by atoms with Crippen LogP contribution >= 0.6 is 0 Å². The quantitative estimate of drug-likeness (QED) is 0.578. The van der Waals surface area contributed by atoms with Crippen LogP contribution in [0.2, 0.25) is 0 Å². The Morgan fingerprint density at radius 1 is 1.15 bits per heavy atom. The molecule has 0 aromatic rings. The van der Waals surface area contributed by atoms with E-state index >= 15 is 0 Å². The molecule has 0 rings (SSSR count). The number of rotatable bonds is 12. The second-order valence-corrected chi connectivity index (χ2v) is 6.76. The molecular weight excluding hydrogens is 248 g/mol. The van der Waals surface area contributed by atoms with Gasteiger partial charge in [0.25, 0.3) is 0 Å². The van der Waals surface area contributed by atoms with Crippen molar-refractivity contribution >= 4 is 0 Å². The fourth-order valence-electron chi connectivity index (χ4n) is 3.09. The lowest BCUT2D eigenvalue weighted by Gasteiger charge is -2.39. The Morgan fingerprint density at radius 2 is 1.75 bits per heavy atom. The SMILES string of the molecule is CCCC(C)(CNC(C)C)CN(CCO)C(CC)CC. The molecule has 0 radical (unpaired) electrons. The van der Waals surface area contributed by atoms with Gasteiger partial charge < -0.3 is 10.4 Å². The zero-order chi connectivity index (χ0) is 15.6. The molecule has 2 N–H and O–H groups in total. The Kier molecular flexibility index (Phi) is 10.5. The monoisotopic (exact) mass is 286 g/mol. The fourth-order valence-corrected chi connectivity index (χ4v) is 3.09. The molecule has 0 amide bonds. The molecule has 0 saturated heterocycles. The van der Waals surface area contributed by atoms with E-state index in [2.05, 4.69) is 51.8 Å². The van der Waals surface area contributed by atoms with Gasteiger partial charge in [0.2, 0.25) is 0 Å². The van der Waals surface area contributed by atoms with Crippen LogP contribution in [0.25, 0.3) is 0 Å². The summed E-state index contributed by atoms with van der Waals surface area (Å²) in [4.78, 5) is 2.50. The van der Waals surface area contributed by atoms with E-state index in [0.717, 1.165) is 32.5 Å². The number of nitrogens with one attached hydrogen (secondary N) is 1. The molecule has 0 aromatic carbocycles. The minimum Gasteiger partial charge on any atom is -0.395 e. The lowest BCUT2D eigenvalue weighted by Crippen LogP contribution is -2.48. The summed E-state index contributed by atoms with van der Waals surface area (Å²) in [5.41, 5.74) is 0.288. The number of hydrogen-bond donors (Lipinski definition) is 2. The summed E-state index contributed by atoms with van der Waals surface area (Å²) in [7, 11) is 0. The van der Waals surface area contributed by atoms with Crippen LogP contribution in [0.15, 0.2) is 0 Å². The summed E-state index contributed by atoms with van der Waals surface area (Å²) in [5, 5.41) is 13.0. The maximum atomic E-state index is 9.36. The zero-order valence-corrected chi connectivity index (χ0v) is 14.7. The van der Waals surface area contributed by atoms with E-state index in [-0.39, 0.29) is 12.0 Å². The third-order valence-corrected chi connectivity index (χ3v) is 4.22. The van der Waals surface area contributed by atoms with Gasteiger partial charge in [-0.3, -0.25) is 4.90 Å². The molecule has 0 spiro atoms.